The largest absolute Gasteiger partial charge is 0.396 e. The minimum atomic E-state index is -0.465. The van der Waals surface area contributed by atoms with Crippen LogP contribution in [0, 0.1) is 10.1 Å². The van der Waals surface area contributed by atoms with Crippen molar-refractivity contribution in [1.82, 2.24) is 19.9 Å². The number of nitrogens with zero attached hydrogens (tertiary/aromatic N) is 5. The molecule has 2 N–H and O–H groups in total. The van der Waals surface area contributed by atoms with Gasteiger partial charge in [0.05, 0.1) is 16.8 Å². The van der Waals surface area contributed by atoms with Gasteiger partial charge in [-0.1, -0.05) is 5.16 Å². The Morgan fingerprint density at radius 3 is 2.71 bits per heavy atom. The Morgan fingerprint density at radius 2 is 2.10 bits per heavy atom. The van der Waals surface area contributed by atoms with Gasteiger partial charge in [-0.15, -0.1) is 0 Å². The molecule has 0 aliphatic heterocycles. The van der Waals surface area contributed by atoms with Crippen LogP contribution in [0.25, 0.3) is 11.4 Å². The Kier molecular flexibility index (Phi) is 3.07. The lowest BCUT2D eigenvalue weighted by atomic mass is 10.2. The zero-order valence-electron chi connectivity index (χ0n) is 10.7. The zero-order valence-corrected chi connectivity index (χ0v) is 10.7. The Hall–Kier alpha value is -3.23. The van der Waals surface area contributed by atoms with Crippen LogP contribution >= 0.6 is 0 Å². The second kappa shape index (κ2) is 5.04. The van der Waals surface area contributed by atoms with Crippen LogP contribution in [0.4, 0.5) is 11.4 Å². The van der Waals surface area contributed by atoms with Gasteiger partial charge in [0.25, 0.3) is 5.69 Å². The van der Waals surface area contributed by atoms with Crippen LogP contribution in [-0.4, -0.2) is 24.8 Å². The van der Waals surface area contributed by atoms with E-state index in [4.69, 9.17) is 10.3 Å². The van der Waals surface area contributed by atoms with Gasteiger partial charge in [0.15, 0.2) is 0 Å². The number of anilines is 1. The van der Waals surface area contributed by atoms with Gasteiger partial charge in [0.1, 0.15) is 6.54 Å². The number of aromatic nitrogens is 4. The SMILES string of the molecule is Nc1cnn(Cc2nc(-c3ccc([N+](=O)[O-])cc3)no2)c1. The minimum Gasteiger partial charge on any atom is -0.396 e. The summed E-state index contributed by atoms with van der Waals surface area (Å²) in [5.74, 6) is 0.728. The summed E-state index contributed by atoms with van der Waals surface area (Å²) in [5, 5.41) is 18.4. The van der Waals surface area contributed by atoms with Crippen molar-refractivity contribution < 1.29 is 9.45 Å². The fourth-order valence-corrected chi connectivity index (χ4v) is 1.77. The van der Waals surface area contributed by atoms with Crippen molar-refractivity contribution in [2.24, 2.45) is 0 Å². The molecule has 3 aromatic rings. The first kappa shape index (κ1) is 12.8. The summed E-state index contributed by atoms with van der Waals surface area (Å²) in [6, 6.07) is 5.91. The number of benzene rings is 1. The maximum atomic E-state index is 10.6. The molecule has 106 valence electrons. The van der Waals surface area contributed by atoms with Gasteiger partial charge in [-0.2, -0.15) is 10.1 Å². The van der Waals surface area contributed by atoms with Gasteiger partial charge in [0, 0.05) is 23.9 Å². The molecule has 0 atom stereocenters. The van der Waals surface area contributed by atoms with Gasteiger partial charge in [-0.25, -0.2) is 0 Å². The topological polar surface area (TPSA) is 126 Å². The summed E-state index contributed by atoms with van der Waals surface area (Å²) in [4.78, 5) is 14.3. The standard InChI is InChI=1S/C12H10N6O3/c13-9-5-14-17(6-9)7-11-15-12(16-21-11)8-1-3-10(4-2-8)18(19)20/h1-6H,7,13H2. The third kappa shape index (κ3) is 2.71. The molecule has 0 saturated heterocycles. The fraction of sp³-hybridized carbons (Fsp3) is 0.0833. The fourth-order valence-electron chi connectivity index (χ4n) is 1.77. The van der Waals surface area contributed by atoms with Crippen LogP contribution in [0.1, 0.15) is 5.89 Å². The average Bonchev–Trinajstić information content (AvgIpc) is 3.09. The number of hydrogen-bond acceptors (Lipinski definition) is 7. The molecule has 3 rings (SSSR count). The molecule has 2 aromatic heterocycles. The van der Waals surface area contributed by atoms with Crippen molar-refractivity contribution in [3.8, 4) is 11.4 Å². The smallest absolute Gasteiger partial charge is 0.269 e. The molecule has 0 spiro atoms. The van der Waals surface area contributed by atoms with Crippen molar-refractivity contribution >= 4 is 11.4 Å². The molecule has 0 aliphatic carbocycles. The lowest BCUT2D eigenvalue weighted by Crippen LogP contribution is -2.00. The van der Waals surface area contributed by atoms with E-state index >= 15 is 0 Å². The highest BCUT2D eigenvalue weighted by Crippen LogP contribution is 2.20. The number of nitro benzene ring substituents is 1. The van der Waals surface area contributed by atoms with Crippen LogP contribution < -0.4 is 5.73 Å². The molecule has 0 fully saturated rings. The van der Waals surface area contributed by atoms with E-state index in [-0.39, 0.29) is 5.69 Å². The summed E-state index contributed by atoms with van der Waals surface area (Å²) in [5.41, 5.74) is 6.75. The second-order valence-electron chi connectivity index (χ2n) is 4.29. The monoisotopic (exact) mass is 286 g/mol. The Labute approximate surface area is 118 Å². The molecule has 0 unspecified atom stereocenters. The molecule has 0 amide bonds. The molecule has 1 aromatic carbocycles. The van der Waals surface area contributed by atoms with Crippen molar-refractivity contribution in [3.05, 3.63) is 52.7 Å². The van der Waals surface area contributed by atoms with Gasteiger partial charge < -0.3 is 10.3 Å². The van der Waals surface area contributed by atoms with E-state index in [0.717, 1.165) is 0 Å². The first-order valence-corrected chi connectivity index (χ1v) is 5.97. The van der Waals surface area contributed by atoms with E-state index in [2.05, 4.69) is 15.2 Å². The highest BCUT2D eigenvalue weighted by Gasteiger charge is 2.11. The van der Waals surface area contributed by atoms with Crippen LogP contribution in [-0.2, 0) is 6.54 Å². The van der Waals surface area contributed by atoms with Crippen molar-refractivity contribution in [1.29, 1.82) is 0 Å². The van der Waals surface area contributed by atoms with Crippen LogP contribution in [0.2, 0.25) is 0 Å². The molecule has 9 heteroatoms. The first-order valence-electron chi connectivity index (χ1n) is 5.97. The van der Waals surface area contributed by atoms with E-state index in [0.29, 0.717) is 29.5 Å². The van der Waals surface area contributed by atoms with Crippen molar-refractivity contribution in [3.63, 3.8) is 0 Å². The predicted octanol–water partition coefficient (Wildman–Crippen LogP) is 1.47. The van der Waals surface area contributed by atoms with E-state index in [9.17, 15) is 10.1 Å². The highest BCUT2D eigenvalue weighted by atomic mass is 16.6. The maximum absolute atomic E-state index is 10.6. The Bertz CT molecular complexity index is 776. The number of nitrogens with two attached hydrogens (primary N) is 1. The van der Waals surface area contributed by atoms with Gasteiger partial charge >= 0.3 is 0 Å². The van der Waals surface area contributed by atoms with E-state index < -0.39 is 4.92 Å². The Balaban J connectivity index is 1.79. The number of rotatable bonds is 4. The molecule has 0 bridgehead atoms. The minimum absolute atomic E-state index is 0.00878. The van der Waals surface area contributed by atoms with E-state index in [1.54, 1.807) is 23.0 Å². The number of non-ortho nitro benzene ring substituents is 1. The van der Waals surface area contributed by atoms with Crippen LogP contribution in [0.15, 0.2) is 41.2 Å². The molecular weight excluding hydrogens is 276 g/mol. The summed E-state index contributed by atoms with van der Waals surface area (Å²) in [6.07, 6.45) is 3.17. The number of hydrogen-bond donors (Lipinski definition) is 1. The van der Waals surface area contributed by atoms with Crippen molar-refractivity contribution in [2.45, 2.75) is 6.54 Å². The van der Waals surface area contributed by atoms with Gasteiger partial charge in [-0.3, -0.25) is 14.8 Å². The predicted molar refractivity (Wildman–Crippen MR) is 72.1 cm³/mol. The summed E-state index contributed by atoms with van der Waals surface area (Å²) >= 11 is 0. The normalized spacial score (nSPS) is 10.7. The van der Waals surface area contributed by atoms with Gasteiger partial charge in [0.2, 0.25) is 11.7 Å². The van der Waals surface area contributed by atoms with Crippen LogP contribution in [0.5, 0.6) is 0 Å². The molecular formula is C12H10N6O3. The maximum Gasteiger partial charge on any atom is 0.269 e. The molecule has 0 aliphatic rings. The molecule has 21 heavy (non-hydrogen) atoms. The molecule has 0 radical (unpaired) electrons. The molecule has 0 saturated carbocycles. The lowest BCUT2D eigenvalue weighted by molar-refractivity contribution is -0.384. The number of nitro groups is 1. The summed E-state index contributed by atoms with van der Waals surface area (Å²) < 4.78 is 6.69. The van der Waals surface area contributed by atoms with Crippen molar-refractivity contribution in [2.75, 3.05) is 5.73 Å². The first-order chi connectivity index (χ1) is 10.1. The average molecular weight is 286 g/mol. The van der Waals surface area contributed by atoms with E-state index in [1.807, 2.05) is 0 Å². The number of nitrogen functional groups attached to an aromatic ring is 1. The summed E-state index contributed by atoms with van der Waals surface area (Å²) in [6.45, 7) is 0.303. The third-order valence-electron chi connectivity index (χ3n) is 2.75. The summed E-state index contributed by atoms with van der Waals surface area (Å²) in [7, 11) is 0. The second-order valence-corrected chi connectivity index (χ2v) is 4.29. The third-order valence-corrected chi connectivity index (χ3v) is 2.75. The molecule has 9 nitrogen and oxygen atoms in total. The molecule has 2 heterocycles. The zero-order chi connectivity index (χ0) is 14.8. The van der Waals surface area contributed by atoms with Gasteiger partial charge in [-0.05, 0) is 12.1 Å². The Morgan fingerprint density at radius 1 is 1.33 bits per heavy atom. The van der Waals surface area contributed by atoms with Crippen LogP contribution in [0.3, 0.4) is 0 Å². The quantitative estimate of drug-likeness (QED) is 0.568. The van der Waals surface area contributed by atoms with E-state index in [1.165, 1.54) is 18.3 Å². The lowest BCUT2D eigenvalue weighted by Gasteiger charge is -1.94. The highest BCUT2D eigenvalue weighted by molar-refractivity contribution is 5.56.